The predicted molar refractivity (Wildman–Crippen MR) is 65.0 cm³/mol. The van der Waals surface area contributed by atoms with Crippen molar-refractivity contribution >= 4 is 21.7 Å². The Morgan fingerprint density at radius 2 is 1.71 bits per heavy atom. The number of halogens is 7. The van der Waals surface area contributed by atoms with E-state index in [9.17, 15) is 31.1 Å². The van der Waals surface area contributed by atoms with Gasteiger partial charge in [-0.05, 0) is 23.8 Å². The molecular formula is C12H9BrF6O2. The van der Waals surface area contributed by atoms with Crippen LogP contribution in [0.5, 0.6) is 5.75 Å². The van der Waals surface area contributed by atoms with E-state index in [-0.39, 0.29) is 15.8 Å². The van der Waals surface area contributed by atoms with Crippen LogP contribution in [-0.4, -0.2) is 25.2 Å². The fourth-order valence-corrected chi connectivity index (χ4v) is 2.04. The lowest BCUT2D eigenvalue weighted by atomic mass is 9.96. The summed E-state index contributed by atoms with van der Waals surface area (Å²) in [5.74, 6) is -5.75. The molecule has 0 bridgehead atoms. The molecule has 2 nitrogen and oxygen atoms in total. The molecule has 0 amide bonds. The third kappa shape index (κ3) is 4.62. The first kappa shape index (κ1) is 17.8. The van der Waals surface area contributed by atoms with Crippen LogP contribution in [0, 0.1) is 5.92 Å². The first-order valence-corrected chi connectivity index (χ1v) is 6.24. The van der Waals surface area contributed by atoms with Gasteiger partial charge in [-0.2, -0.15) is 26.3 Å². The molecule has 0 radical (unpaired) electrons. The minimum atomic E-state index is -5.68. The zero-order valence-electron chi connectivity index (χ0n) is 10.5. The van der Waals surface area contributed by atoms with Gasteiger partial charge in [0.1, 0.15) is 5.75 Å². The van der Waals surface area contributed by atoms with Crippen LogP contribution in [0.1, 0.15) is 5.56 Å². The van der Waals surface area contributed by atoms with E-state index in [0.29, 0.717) is 0 Å². The van der Waals surface area contributed by atoms with Gasteiger partial charge in [-0.25, -0.2) is 0 Å². The van der Waals surface area contributed by atoms with Crippen molar-refractivity contribution in [2.45, 2.75) is 18.8 Å². The number of Topliss-reactive ketones (excluding diaryl/α,β-unsaturated/α-hetero) is 1. The highest BCUT2D eigenvalue weighted by molar-refractivity contribution is 9.10. The van der Waals surface area contributed by atoms with Gasteiger partial charge in [0.15, 0.2) is 5.78 Å². The number of ether oxygens (including phenoxy) is 1. The van der Waals surface area contributed by atoms with Gasteiger partial charge in [-0.3, -0.25) is 4.79 Å². The Bertz CT molecular complexity index is 509. The molecule has 0 fully saturated rings. The molecule has 21 heavy (non-hydrogen) atoms. The van der Waals surface area contributed by atoms with Crippen molar-refractivity contribution in [1.29, 1.82) is 0 Å². The van der Waals surface area contributed by atoms with E-state index in [4.69, 9.17) is 4.74 Å². The number of benzene rings is 1. The summed E-state index contributed by atoms with van der Waals surface area (Å²) in [6.07, 6.45) is -12.4. The van der Waals surface area contributed by atoms with Gasteiger partial charge in [-0.15, -0.1) is 0 Å². The Morgan fingerprint density at radius 3 is 2.14 bits per heavy atom. The van der Waals surface area contributed by atoms with Crippen LogP contribution in [0.25, 0.3) is 0 Å². The zero-order valence-corrected chi connectivity index (χ0v) is 12.1. The van der Waals surface area contributed by atoms with Crippen LogP contribution in [0.15, 0.2) is 22.7 Å². The minimum Gasteiger partial charge on any atom is -0.497 e. The molecule has 0 atom stereocenters. The van der Waals surface area contributed by atoms with Gasteiger partial charge in [-0.1, -0.05) is 15.9 Å². The normalized spacial score (nSPS) is 12.6. The average molecular weight is 379 g/mol. The summed E-state index contributed by atoms with van der Waals surface area (Å²) in [5.41, 5.74) is -0.0159. The van der Waals surface area contributed by atoms with Crippen molar-refractivity contribution in [2.75, 3.05) is 7.11 Å². The van der Waals surface area contributed by atoms with Gasteiger partial charge in [0.2, 0.25) is 5.92 Å². The van der Waals surface area contributed by atoms with E-state index < -0.39 is 30.5 Å². The molecule has 1 aromatic rings. The maximum Gasteiger partial charge on any atom is 0.407 e. The largest absolute Gasteiger partial charge is 0.497 e. The predicted octanol–water partition coefficient (Wildman–Crippen LogP) is 4.31. The quantitative estimate of drug-likeness (QED) is 0.729. The molecule has 0 aliphatic heterocycles. The summed E-state index contributed by atoms with van der Waals surface area (Å²) >= 11 is 2.97. The van der Waals surface area contributed by atoms with Crippen LogP contribution in [0.2, 0.25) is 0 Å². The Kier molecular flexibility index (Phi) is 5.30. The van der Waals surface area contributed by atoms with Gasteiger partial charge in [0, 0.05) is 10.9 Å². The van der Waals surface area contributed by atoms with E-state index in [2.05, 4.69) is 15.9 Å². The molecule has 0 heterocycles. The van der Waals surface area contributed by atoms with E-state index in [1.54, 1.807) is 0 Å². The van der Waals surface area contributed by atoms with Crippen LogP contribution in [-0.2, 0) is 11.2 Å². The smallest absolute Gasteiger partial charge is 0.407 e. The lowest BCUT2D eigenvalue weighted by Gasteiger charge is -2.22. The Hall–Kier alpha value is -1.25. The second-order valence-electron chi connectivity index (χ2n) is 4.12. The number of methoxy groups -OCH3 is 1. The van der Waals surface area contributed by atoms with Gasteiger partial charge < -0.3 is 4.74 Å². The van der Waals surface area contributed by atoms with Crippen molar-refractivity contribution in [2.24, 2.45) is 5.92 Å². The van der Waals surface area contributed by atoms with Crippen LogP contribution < -0.4 is 4.74 Å². The van der Waals surface area contributed by atoms with Gasteiger partial charge in [0.05, 0.1) is 7.11 Å². The topological polar surface area (TPSA) is 26.3 Å². The standard InChI is InChI=1S/C12H9BrF6O2/c1-21-7-2-3-8(13)6(4-7)5-9(20)10(11(14,15)16)12(17,18)19/h2-4,10H,5H2,1H3. The van der Waals surface area contributed by atoms with E-state index in [1.807, 2.05) is 0 Å². The van der Waals surface area contributed by atoms with Crippen molar-refractivity contribution in [1.82, 2.24) is 0 Å². The maximum atomic E-state index is 12.4. The van der Waals surface area contributed by atoms with Crippen LogP contribution in [0.4, 0.5) is 26.3 Å². The molecule has 0 saturated carbocycles. The van der Waals surface area contributed by atoms with Gasteiger partial charge >= 0.3 is 12.4 Å². The van der Waals surface area contributed by atoms with E-state index in [1.165, 1.54) is 25.3 Å². The van der Waals surface area contributed by atoms with Crippen molar-refractivity contribution in [3.8, 4) is 5.75 Å². The van der Waals surface area contributed by atoms with Gasteiger partial charge in [0.25, 0.3) is 0 Å². The molecule has 0 aromatic heterocycles. The molecule has 9 heteroatoms. The zero-order chi connectivity index (χ0) is 16.4. The monoisotopic (exact) mass is 378 g/mol. The highest BCUT2D eigenvalue weighted by Crippen LogP contribution is 2.40. The summed E-state index contributed by atoms with van der Waals surface area (Å²) in [5, 5.41) is 0. The fourth-order valence-electron chi connectivity index (χ4n) is 1.65. The van der Waals surface area contributed by atoms with E-state index >= 15 is 0 Å². The van der Waals surface area contributed by atoms with E-state index in [0.717, 1.165) is 0 Å². The summed E-state index contributed by atoms with van der Waals surface area (Å²) in [7, 11) is 1.28. The fraction of sp³-hybridized carbons (Fsp3) is 0.417. The molecule has 0 saturated heterocycles. The lowest BCUT2D eigenvalue weighted by Crippen LogP contribution is -2.43. The van der Waals surface area contributed by atoms with Crippen molar-refractivity contribution < 1.29 is 35.9 Å². The third-order valence-electron chi connectivity index (χ3n) is 2.59. The second-order valence-corrected chi connectivity index (χ2v) is 4.97. The summed E-state index contributed by atoms with van der Waals surface area (Å²) in [6.45, 7) is 0. The molecular weight excluding hydrogens is 370 g/mol. The summed E-state index contributed by atoms with van der Waals surface area (Å²) in [4.78, 5) is 11.5. The minimum absolute atomic E-state index is 0.0159. The molecule has 1 aromatic carbocycles. The number of ketones is 1. The summed E-state index contributed by atoms with van der Waals surface area (Å²) in [6, 6.07) is 4.02. The van der Waals surface area contributed by atoms with Crippen molar-refractivity contribution in [3.05, 3.63) is 28.2 Å². The number of alkyl halides is 6. The Balaban J connectivity index is 3.08. The average Bonchev–Trinajstić information content (AvgIpc) is 2.28. The van der Waals surface area contributed by atoms with Crippen LogP contribution in [0.3, 0.4) is 0 Å². The Morgan fingerprint density at radius 1 is 1.19 bits per heavy atom. The molecule has 0 aliphatic rings. The molecule has 0 N–H and O–H groups in total. The maximum absolute atomic E-state index is 12.4. The second kappa shape index (κ2) is 6.25. The third-order valence-corrected chi connectivity index (χ3v) is 3.37. The summed E-state index contributed by atoms with van der Waals surface area (Å²) < 4.78 is 79.7. The first-order chi connectivity index (χ1) is 9.46. The number of hydrogen-bond acceptors (Lipinski definition) is 2. The lowest BCUT2D eigenvalue weighted by molar-refractivity contribution is -0.273. The Labute approximate surface area is 124 Å². The highest BCUT2D eigenvalue weighted by atomic mass is 79.9. The molecule has 0 unspecified atom stereocenters. The highest BCUT2D eigenvalue weighted by Gasteiger charge is 2.60. The SMILES string of the molecule is COc1ccc(Br)c(CC(=O)C(C(F)(F)F)C(F)(F)F)c1. The number of carbonyl (C=O) groups excluding carboxylic acids is 1. The van der Waals surface area contributed by atoms with Crippen molar-refractivity contribution in [3.63, 3.8) is 0 Å². The number of hydrogen-bond donors (Lipinski definition) is 0. The molecule has 0 aliphatic carbocycles. The number of rotatable bonds is 4. The van der Waals surface area contributed by atoms with Crippen LogP contribution >= 0.6 is 15.9 Å². The first-order valence-electron chi connectivity index (χ1n) is 5.45. The molecule has 1 rings (SSSR count). The molecule has 118 valence electrons. The molecule has 0 spiro atoms. The number of carbonyl (C=O) groups is 1.